The van der Waals surface area contributed by atoms with Crippen molar-refractivity contribution >= 4 is 23.7 Å². The minimum absolute atomic E-state index is 0. The quantitative estimate of drug-likeness (QED) is 0.685. The van der Waals surface area contributed by atoms with Gasteiger partial charge in [0, 0.05) is 11.6 Å². The average Bonchev–Trinajstić information content (AvgIpc) is 2.12. The molecule has 0 saturated carbocycles. The van der Waals surface area contributed by atoms with Gasteiger partial charge in [-0.05, 0) is 6.92 Å². The average molecular weight is 165 g/mol. The lowest BCUT2D eigenvalue weighted by Gasteiger charge is -1.94. The van der Waals surface area contributed by atoms with Crippen molar-refractivity contribution in [2.75, 3.05) is 0 Å². The molecular formula is C5H9ClN2S. The van der Waals surface area contributed by atoms with E-state index in [-0.39, 0.29) is 18.4 Å². The lowest BCUT2D eigenvalue weighted by atomic mass is 10.4. The summed E-state index contributed by atoms with van der Waals surface area (Å²) in [5, 5.41) is 2.93. The normalized spacial score (nSPS) is 12.2. The summed E-state index contributed by atoms with van der Waals surface area (Å²) in [6.45, 7) is 1.93. The van der Waals surface area contributed by atoms with Gasteiger partial charge in [-0.25, -0.2) is 4.98 Å². The summed E-state index contributed by atoms with van der Waals surface area (Å²) in [6.07, 6.45) is 1.77. The Balaban J connectivity index is 0.000000640. The Bertz CT molecular complexity index is 150. The summed E-state index contributed by atoms with van der Waals surface area (Å²) < 4.78 is 0. The van der Waals surface area contributed by atoms with Crippen LogP contribution < -0.4 is 5.73 Å². The lowest BCUT2D eigenvalue weighted by molar-refractivity contribution is 0.807. The molecular weight excluding hydrogens is 156 g/mol. The van der Waals surface area contributed by atoms with Crippen molar-refractivity contribution in [3.05, 3.63) is 16.6 Å². The molecule has 1 aromatic rings. The molecule has 0 aliphatic heterocycles. The third-order valence-corrected chi connectivity index (χ3v) is 1.82. The molecule has 0 amide bonds. The number of aromatic nitrogens is 1. The molecule has 0 fully saturated rings. The predicted octanol–water partition coefficient (Wildman–Crippen LogP) is 1.58. The van der Waals surface area contributed by atoms with Crippen LogP contribution in [0.5, 0.6) is 0 Å². The Hall–Kier alpha value is -0.120. The predicted molar refractivity (Wildman–Crippen MR) is 42.0 cm³/mol. The molecule has 0 aromatic carbocycles. The van der Waals surface area contributed by atoms with E-state index >= 15 is 0 Å². The maximum atomic E-state index is 5.51. The van der Waals surface area contributed by atoms with Crippen molar-refractivity contribution in [2.45, 2.75) is 13.0 Å². The second-order valence-electron chi connectivity index (χ2n) is 1.66. The summed E-state index contributed by atoms with van der Waals surface area (Å²) in [6, 6.07) is 0.0926. The van der Waals surface area contributed by atoms with Crippen molar-refractivity contribution in [3.8, 4) is 0 Å². The molecule has 0 spiro atoms. The van der Waals surface area contributed by atoms with E-state index in [9.17, 15) is 0 Å². The SMILES string of the molecule is C[C@H](N)c1nccs1.Cl. The minimum atomic E-state index is 0. The summed E-state index contributed by atoms with van der Waals surface area (Å²) in [5.74, 6) is 0. The number of halogens is 1. The Labute approximate surface area is 64.5 Å². The molecule has 0 unspecified atom stereocenters. The molecule has 4 heteroatoms. The second kappa shape index (κ2) is 3.82. The number of nitrogens with two attached hydrogens (primary N) is 1. The largest absolute Gasteiger partial charge is 0.322 e. The molecule has 0 bridgehead atoms. The first-order valence-electron chi connectivity index (χ1n) is 2.45. The van der Waals surface area contributed by atoms with Gasteiger partial charge in [0.1, 0.15) is 5.01 Å². The summed E-state index contributed by atoms with van der Waals surface area (Å²) in [4.78, 5) is 4.01. The van der Waals surface area contributed by atoms with Crippen LogP contribution >= 0.6 is 23.7 Å². The van der Waals surface area contributed by atoms with E-state index in [0.29, 0.717) is 0 Å². The van der Waals surface area contributed by atoms with Gasteiger partial charge in [-0.15, -0.1) is 23.7 Å². The fraction of sp³-hybridized carbons (Fsp3) is 0.400. The van der Waals surface area contributed by atoms with Gasteiger partial charge in [0.15, 0.2) is 0 Å². The van der Waals surface area contributed by atoms with Crippen LogP contribution in [0.1, 0.15) is 18.0 Å². The van der Waals surface area contributed by atoms with Crippen LogP contribution in [0.15, 0.2) is 11.6 Å². The monoisotopic (exact) mass is 164 g/mol. The smallest absolute Gasteiger partial charge is 0.109 e. The maximum Gasteiger partial charge on any atom is 0.109 e. The molecule has 1 atom stereocenters. The fourth-order valence-corrected chi connectivity index (χ4v) is 1.06. The van der Waals surface area contributed by atoms with E-state index in [2.05, 4.69) is 4.98 Å². The van der Waals surface area contributed by atoms with Crippen LogP contribution in [0.4, 0.5) is 0 Å². The first kappa shape index (κ1) is 8.88. The van der Waals surface area contributed by atoms with Crippen molar-refractivity contribution in [1.82, 2.24) is 4.98 Å². The van der Waals surface area contributed by atoms with Gasteiger partial charge in [0.2, 0.25) is 0 Å². The van der Waals surface area contributed by atoms with Crippen LogP contribution in [0.2, 0.25) is 0 Å². The van der Waals surface area contributed by atoms with Gasteiger partial charge < -0.3 is 5.73 Å². The van der Waals surface area contributed by atoms with Gasteiger partial charge in [-0.3, -0.25) is 0 Å². The van der Waals surface area contributed by atoms with E-state index in [1.807, 2.05) is 12.3 Å². The zero-order valence-electron chi connectivity index (χ0n) is 5.07. The van der Waals surface area contributed by atoms with Gasteiger partial charge in [0.05, 0.1) is 6.04 Å². The van der Waals surface area contributed by atoms with Crippen LogP contribution in [-0.4, -0.2) is 4.98 Å². The summed E-state index contributed by atoms with van der Waals surface area (Å²) >= 11 is 1.59. The Morgan fingerprint density at radius 2 is 2.44 bits per heavy atom. The first-order valence-corrected chi connectivity index (χ1v) is 3.33. The molecule has 0 aliphatic rings. The molecule has 52 valence electrons. The van der Waals surface area contributed by atoms with Gasteiger partial charge >= 0.3 is 0 Å². The van der Waals surface area contributed by atoms with E-state index in [1.54, 1.807) is 17.5 Å². The van der Waals surface area contributed by atoms with E-state index in [0.717, 1.165) is 5.01 Å². The van der Waals surface area contributed by atoms with E-state index in [4.69, 9.17) is 5.73 Å². The third kappa shape index (κ3) is 2.30. The van der Waals surface area contributed by atoms with Crippen molar-refractivity contribution in [2.24, 2.45) is 5.73 Å². The molecule has 0 saturated heterocycles. The lowest BCUT2D eigenvalue weighted by Crippen LogP contribution is -2.03. The zero-order valence-corrected chi connectivity index (χ0v) is 6.71. The first-order chi connectivity index (χ1) is 3.80. The molecule has 1 rings (SSSR count). The highest BCUT2D eigenvalue weighted by Gasteiger charge is 1.98. The van der Waals surface area contributed by atoms with Gasteiger partial charge in [0.25, 0.3) is 0 Å². The zero-order chi connectivity index (χ0) is 5.98. The number of hydrogen-bond acceptors (Lipinski definition) is 3. The second-order valence-corrected chi connectivity index (χ2v) is 2.59. The highest BCUT2D eigenvalue weighted by Crippen LogP contribution is 2.10. The van der Waals surface area contributed by atoms with E-state index in [1.165, 1.54) is 0 Å². The third-order valence-electron chi connectivity index (χ3n) is 0.841. The van der Waals surface area contributed by atoms with Crippen molar-refractivity contribution in [1.29, 1.82) is 0 Å². The molecule has 9 heavy (non-hydrogen) atoms. The number of nitrogens with zero attached hydrogens (tertiary/aromatic N) is 1. The molecule has 2 nitrogen and oxygen atoms in total. The fourth-order valence-electron chi connectivity index (χ4n) is 0.459. The summed E-state index contributed by atoms with van der Waals surface area (Å²) in [7, 11) is 0. The van der Waals surface area contributed by atoms with E-state index < -0.39 is 0 Å². The van der Waals surface area contributed by atoms with Crippen LogP contribution in [0, 0.1) is 0 Å². The van der Waals surface area contributed by atoms with Crippen LogP contribution in [-0.2, 0) is 0 Å². The molecule has 0 aliphatic carbocycles. The molecule has 1 aromatic heterocycles. The van der Waals surface area contributed by atoms with Crippen LogP contribution in [0.25, 0.3) is 0 Å². The summed E-state index contributed by atoms with van der Waals surface area (Å²) in [5.41, 5.74) is 5.51. The molecule has 0 radical (unpaired) electrons. The van der Waals surface area contributed by atoms with Gasteiger partial charge in [-0.1, -0.05) is 0 Å². The highest BCUT2D eigenvalue weighted by molar-refractivity contribution is 7.09. The molecule has 1 heterocycles. The van der Waals surface area contributed by atoms with Crippen molar-refractivity contribution in [3.63, 3.8) is 0 Å². The van der Waals surface area contributed by atoms with Gasteiger partial charge in [-0.2, -0.15) is 0 Å². The Kier molecular flexibility index (Phi) is 3.77. The van der Waals surface area contributed by atoms with Crippen LogP contribution in [0.3, 0.4) is 0 Å². The maximum absolute atomic E-state index is 5.51. The Morgan fingerprint density at radius 3 is 2.67 bits per heavy atom. The molecule has 2 N–H and O–H groups in total. The standard InChI is InChI=1S/C5H8N2S.ClH/c1-4(6)5-7-2-3-8-5;/h2-4H,6H2,1H3;1H/t4-;/m0./s1. The number of hydrogen-bond donors (Lipinski definition) is 1. The topological polar surface area (TPSA) is 38.9 Å². The Morgan fingerprint density at radius 1 is 1.78 bits per heavy atom. The highest BCUT2D eigenvalue weighted by atomic mass is 35.5. The number of thiazole rings is 1. The van der Waals surface area contributed by atoms with Crippen molar-refractivity contribution < 1.29 is 0 Å². The number of rotatable bonds is 1. The minimum Gasteiger partial charge on any atom is -0.322 e.